The number of rotatable bonds is 7. The summed E-state index contributed by atoms with van der Waals surface area (Å²) in [7, 11) is 0. The summed E-state index contributed by atoms with van der Waals surface area (Å²) < 4.78 is 1.79. The van der Waals surface area contributed by atoms with E-state index in [1.807, 2.05) is 32.3 Å². The summed E-state index contributed by atoms with van der Waals surface area (Å²) in [4.78, 5) is 10.4. The molecule has 0 saturated carbocycles. The zero-order chi connectivity index (χ0) is 18.7. The lowest BCUT2D eigenvalue weighted by atomic mass is 9.96. The topological polar surface area (TPSA) is 68.6 Å². The van der Waals surface area contributed by atoms with Crippen molar-refractivity contribution in [3.63, 3.8) is 0 Å². The van der Waals surface area contributed by atoms with E-state index in [4.69, 9.17) is 5.73 Å². The number of thiophene rings is 1. The van der Waals surface area contributed by atoms with Crippen LogP contribution in [0.4, 0.5) is 10.8 Å². The van der Waals surface area contributed by atoms with Crippen molar-refractivity contribution >= 4 is 34.0 Å². The predicted octanol–water partition coefficient (Wildman–Crippen LogP) is 5.42. The molecule has 0 saturated heterocycles. The first kappa shape index (κ1) is 18.6. The van der Waals surface area contributed by atoms with Gasteiger partial charge < -0.3 is 5.73 Å². The van der Waals surface area contributed by atoms with E-state index in [2.05, 4.69) is 35.0 Å². The highest BCUT2D eigenvalue weighted by Crippen LogP contribution is 2.35. The molecule has 0 fully saturated rings. The first-order valence-corrected chi connectivity index (χ1v) is 10.1. The summed E-state index contributed by atoms with van der Waals surface area (Å²) in [6, 6.07) is 4.16. The number of anilines is 1. The summed E-state index contributed by atoms with van der Waals surface area (Å²) in [5, 5.41) is 5.35. The van der Waals surface area contributed by atoms with Gasteiger partial charge in [0.25, 0.3) is 0 Å². The van der Waals surface area contributed by atoms with Crippen LogP contribution in [0.3, 0.4) is 0 Å². The second-order valence-corrected chi connectivity index (χ2v) is 7.95. The normalized spacial score (nSPS) is 12.0. The fourth-order valence-corrected chi connectivity index (χ4v) is 4.37. The Morgan fingerprint density at radius 2 is 1.96 bits per heavy atom. The molecule has 6 heteroatoms. The molecule has 0 aliphatic carbocycles. The minimum Gasteiger partial charge on any atom is -0.390 e. The Morgan fingerprint density at radius 3 is 2.65 bits per heavy atom. The van der Waals surface area contributed by atoms with Gasteiger partial charge in [-0.1, -0.05) is 26.7 Å². The summed E-state index contributed by atoms with van der Waals surface area (Å²) in [5.41, 5.74) is 10.1. The zero-order valence-corrected chi connectivity index (χ0v) is 16.8. The number of nitrogen functional groups attached to an aromatic ring is 1. The molecular weight excluding hydrogens is 342 g/mol. The summed E-state index contributed by atoms with van der Waals surface area (Å²) >= 11 is 1.70. The average Bonchev–Trinajstić information content (AvgIpc) is 3.15. The van der Waals surface area contributed by atoms with Crippen molar-refractivity contribution in [3.05, 3.63) is 40.0 Å². The number of aryl methyl sites for hydroxylation is 2. The SMILES string of the molecule is CCCC(CCC)c1cc(C=Nc2cc(C)c3nc(C)cn3n2)c(N)s1. The Kier molecular flexibility index (Phi) is 5.71. The molecule has 5 nitrogen and oxygen atoms in total. The van der Waals surface area contributed by atoms with Crippen molar-refractivity contribution in [1.29, 1.82) is 0 Å². The number of aromatic nitrogens is 3. The van der Waals surface area contributed by atoms with E-state index in [9.17, 15) is 0 Å². The molecule has 0 aromatic carbocycles. The number of fused-ring (bicyclic) bond motifs is 1. The van der Waals surface area contributed by atoms with Gasteiger partial charge in [0.1, 0.15) is 0 Å². The van der Waals surface area contributed by atoms with Gasteiger partial charge in [0.2, 0.25) is 0 Å². The highest BCUT2D eigenvalue weighted by atomic mass is 32.1. The lowest BCUT2D eigenvalue weighted by molar-refractivity contribution is 0.569. The molecule has 3 aromatic rings. The minimum absolute atomic E-state index is 0.602. The van der Waals surface area contributed by atoms with E-state index in [1.54, 1.807) is 15.9 Å². The molecule has 0 bridgehead atoms. The van der Waals surface area contributed by atoms with Crippen molar-refractivity contribution in [3.8, 4) is 0 Å². The van der Waals surface area contributed by atoms with Gasteiger partial charge in [0, 0.05) is 16.7 Å². The lowest BCUT2D eigenvalue weighted by Gasteiger charge is -2.12. The van der Waals surface area contributed by atoms with Crippen LogP contribution in [-0.4, -0.2) is 20.8 Å². The van der Waals surface area contributed by atoms with Crippen LogP contribution >= 0.6 is 11.3 Å². The van der Waals surface area contributed by atoms with Gasteiger partial charge in [-0.2, -0.15) is 0 Å². The van der Waals surface area contributed by atoms with E-state index >= 15 is 0 Å². The first-order chi connectivity index (χ1) is 12.5. The molecule has 0 amide bonds. The van der Waals surface area contributed by atoms with E-state index in [1.165, 1.54) is 30.6 Å². The average molecular weight is 370 g/mol. The fourth-order valence-electron chi connectivity index (χ4n) is 3.29. The van der Waals surface area contributed by atoms with E-state index < -0.39 is 0 Å². The van der Waals surface area contributed by atoms with Crippen LogP contribution in [0.15, 0.2) is 23.3 Å². The van der Waals surface area contributed by atoms with Crippen LogP contribution in [0.2, 0.25) is 0 Å². The van der Waals surface area contributed by atoms with E-state index in [0.29, 0.717) is 11.7 Å². The molecule has 0 radical (unpaired) electrons. The monoisotopic (exact) mass is 369 g/mol. The number of nitrogens with two attached hydrogens (primary N) is 1. The molecule has 0 aliphatic heterocycles. The molecule has 3 rings (SSSR count). The standard InChI is InChI=1S/C20H27N5S/c1-5-7-15(8-6-2)17-10-16(19(21)26-17)11-22-18-9-13(3)20-23-14(4)12-25(20)24-18/h9-12,15H,5-8,21H2,1-4H3. The fraction of sp³-hybridized carbons (Fsp3) is 0.450. The largest absolute Gasteiger partial charge is 0.390 e. The molecule has 0 spiro atoms. The van der Waals surface area contributed by atoms with E-state index in [-0.39, 0.29) is 0 Å². The van der Waals surface area contributed by atoms with Gasteiger partial charge >= 0.3 is 0 Å². The van der Waals surface area contributed by atoms with E-state index in [0.717, 1.165) is 27.5 Å². The van der Waals surface area contributed by atoms with Crippen LogP contribution in [0, 0.1) is 13.8 Å². The quantitative estimate of drug-likeness (QED) is 0.565. The Morgan fingerprint density at radius 1 is 1.23 bits per heavy atom. The molecule has 0 aliphatic rings. The van der Waals surface area contributed by atoms with Crippen molar-refractivity contribution in [2.45, 2.75) is 59.3 Å². The number of hydrogen-bond donors (Lipinski definition) is 1. The van der Waals surface area contributed by atoms with Gasteiger partial charge in [-0.05, 0) is 50.3 Å². The minimum atomic E-state index is 0.602. The van der Waals surface area contributed by atoms with Crippen molar-refractivity contribution < 1.29 is 0 Å². The summed E-state index contributed by atoms with van der Waals surface area (Å²) in [5.74, 6) is 1.27. The number of nitrogens with zero attached hydrogens (tertiary/aromatic N) is 4. The zero-order valence-electron chi connectivity index (χ0n) is 16.0. The summed E-state index contributed by atoms with van der Waals surface area (Å²) in [6.45, 7) is 8.47. The van der Waals surface area contributed by atoms with Gasteiger partial charge in [-0.25, -0.2) is 14.5 Å². The molecule has 26 heavy (non-hydrogen) atoms. The molecule has 0 unspecified atom stereocenters. The number of hydrogen-bond acceptors (Lipinski definition) is 5. The third-order valence-corrected chi connectivity index (χ3v) is 5.68. The molecule has 138 valence electrons. The summed E-state index contributed by atoms with van der Waals surface area (Å²) in [6.07, 6.45) is 8.56. The maximum Gasteiger partial charge on any atom is 0.173 e. The molecule has 0 atom stereocenters. The van der Waals surface area contributed by atoms with Crippen LogP contribution in [-0.2, 0) is 0 Å². The number of imidazole rings is 1. The molecular formula is C20H27N5S. The highest BCUT2D eigenvalue weighted by Gasteiger charge is 2.14. The van der Waals surface area contributed by atoms with Crippen molar-refractivity contribution in [2.75, 3.05) is 5.73 Å². The smallest absolute Gasteiger partial charge is 0.173 e. The Labute approximate surface area is 159 Å². The number of aliphatic imine (C=N–C) groups is 1. The Bertz CT molecular complexity index is 916. The Balaban J connectivity index is 1.86. The van der Waals surface area contributed by atoms with Crippen molar-refractivity contribution in [1.82, 2.24) is 14.6 Å². The van der Waals surface area contributed by atoms with Crippen LogP contribution in [0.1, 0.15) is 67.1 Å². The second kappa shape index (κ2) is 7.99. The first-order valence-electron chi connectivity index (χ1n) is 9.28. The highest BCUT2D eigenvalue weighted by molar-refractivity contribution is 7.16. The lowest BCUT2D eigenvalue weighted by Crippen LogP contribution is -1.95. The van der Waals surface area contributed by atoms with Crippen LogP contribution in [0.5, 0.6) is 0 Å². The van der Waals surface area contributed by atoms with Gasteiger partial charge in [0.05, 0.1) is 16.9 Å². The Hall–Kier alpha value is -2.21. The molecule has 3 aromatic heterocycles. The van der Waals surface area contributed by atoms with Crippen LogP contribution in [0.25, 0.3) is 5.65 Å². The maximum absolute atomic E-state index is 6.25. The van der Waals surface area contributed by atoms with Gasteiger partial charge in [-0.3, -0.25) is 0 Å². The van der Waals surface area contributed by atoms with Gasteiger partial charge in [-0.15, -0.1) is 16.4 Å². The molecule has 3 heterocycles. The molecule has 2 N–H and O–H groups in total. The van der Waals surface area contributed by atoms with Crippen LogP contribution < -0.4 is 5.73 Å². The van der Waals surface area contributed by atoms with Crippen molar-refractivity contribution in [2.24, 2.45) is 4.99 Å². The second-order valence-electron chi connectivity index (χ2n) is 6.84. The maximum atomic E-state index is 6.25. The predicted molar refractivity (Wildman–Crippen MR) is 111 cm³/mol. The van der Waals surface area contributed by atoms with Gasteiger partial charge in [0.15, 0.2) is 11.5 Å². The third kappa shape index (κ3) is 3.96. The third-order valence-electron chi connectivity index (χ3n) is 4.54.